The first-order chi connectivity index (χ1) is 14.5. The van der Waals surface area contributed by atoms with Gasteiger partial charge in [-0.05, 0) is 40.2 Å². The summed E-state index contributed by atoms with van der Waals surface area (Å²) in [6.07, 6.45) is -3.57. The van der Waals surface area contributed by atoms with Crippen LogP contribution in [0.15, 0.2) is 41.0 Å². The number of halogens is 6. The molecule has 0 fully saturated rings. The van der Waals surface area contributed by atoms with Crippen LogP contribution >= 0.6 is 39.1 Å². The third-order valence-electron chi connectivity index (χ3n) is 3.84. The Labute approximate surface area is 190 Å². The van der Waals surface area contributed by atoms with Crippen molar-refractivity contribution in [3.8, 4) is 5.82 Å². The molecule has 162 valence electrons. The van der Waals surface area contributed by atoms with Crippen LogP contribution in [0, 0.1) is 0 Å². The Morgan fingerprint density at radius 3 is 2.48 bits per heavy atom. The molecule has 0 aliphatic rings. The molecule has 4 N–H and O–H groups in total. The number of benzene rings is 1. The molecule has 0 atom stereocenters. The molecule has 0 saturated carbocycles. The maximum Gasteiger partial charge on any atom is 0.435 e. The van der Waals surface area contributed by atoms with E-state index in [2.05, 4.69) is 31.3 Å². The van der Waals surface area contributed by atoms with E-state index in [0.29, 0.717) is 10.7 Å². The fourth-order valence-corrected chi connectivity index (χ4v) is 3.62. The minimum Gasteiger partial charge on any atom is -0.319 e. The van der Waals surface area contributed by atoms with Gasteiger partial charge >= 0.3 is 6.18 Å². The first-order valence-electron chi connectivity index (χ1n) is 8.12. The zero-order valence-corrected chi connectivity index (χ0v) is 18.1. The van der Waals surface area contributed by atoms with Gasteiger partial charge in [0.05, 0.1) is 16.3 Å². The highest BCUT2D eigenvalue weighted by Gasteiger charge is 2.36. The van der Waals surface area contributed by atoms with E-state index in [1.807, 2.05) is 5.43 Å². The molecular formula is C17H10BrCl2F3N6O2. The van der Waals surface area contributed by atoms with Crippen molar-refractivity contribution >= 4 is 56.6 Å². The number of rotatable bonds is 4. The second-order valence-electron chi connectivity index (χ2n) is 5.87. The van der Waals surface area contributed by atoms with E-state index in [1.165, 1.54) is 30.5 Å². The number of carbonyl (C=O) groups is 2. The Balaban J connectivity index is 2.12. The number of nitrogens with two attached hydrogens (primary N) is 1. The second-order valence-corrected chi connectivity index (χ2v) is 7.57. The summed E-state index contributed by atoms with van der Waals surface area (Å²) >= 11 is 15.1. The number of hydrogen-bond acceptors (Lipinski definition) is 5. The molecule has 2 heterocycles. The van der Waals surface area contributed by atoms with Crippen LogP contribution < -0.4 is 16.6 Å². The van der Waals surface area contributed by atoms with Crippen molar-refractivity contribution < 1.29 is 22.8 Å². The Kier molecular flexibility index (Phi) is 6.55. The van der Waals surface area contributed by atoms with Crippen LogP contribution in [0.1, 0.15) is 26.5 Å². The summed E-state index contributed by atoms with van der Waals surface area (Å²) in [6, 6.07) is 5.96. The molecule has 0 saturated heterocycles. The number of nitrogens with zero attached hydrogens (tertiary/aromatic N) is 3. The maximum atomic E-state index is 13.3. The minimum atomic E-state index is -4.84. The molecule has 2 aromatic heterocycles. The summed E-state index contributed by atoms with van der Waals surface area (Å²) in [4.78, 5) is 28.9. The average Bonchev–Trinajstić information content (AvgIpc) is 3.15. The van der Waals surface area contributed by atoms with Gasteiger partial charge in [0.1, 0.15) is 5.69 Å². The number of aromatic nitrogens is 3. The van der Waals surface area contributed by atoms with Crippen LogP contribution in [0.4, 0.5) is 18.9 Å². The van der Waals surface area contributed by atoms with Gasteiger partial charge in [-0.25, -0.2) is 15.5 Å². The van der Waals surface area contributed by atoms with Crippen LogP contribution in [0.25, 0.3) is 5.82 Å². The van der Waals surface area contributed by atoms with Crippen LogP contribution in [0.5, 0.6) is 0 Å². The number of anilines is 1. The van der Waals surface area contributed by atoms with Crippen molar-refractivity contribution in [2.75, 3.05) is 5.32 Å². The summed E-state index contributed by atoms with van der Waals surface area (Å²) in [7, 11) is 0. The van der Waals surface area contributed by atoms with Gasteiger partial charge in [0.25, 0.3) is 11.8 Å². The van der Waals surface area contributed by atoms with E-state index in [9.17, 15) is 22.8 Å². The number of amides is 2. The van der Waals surface area contributed by atoms with Crippen LogP contribution in [-0.4, -0.2) is 26.6 Å². The molecule has 0 radical (unpaired) electrons. The fourth-order valence-electron chi connectivity index (χ4n) is 2.51. The summed E-state index contributed by atoms with van der Waals surface area (Å²) in [5, 5.41) is 5.92. The van der Waals surface area contributed by atoms with Crippen molar-refractivity contribution in [1.82, 2.24) is 20.2 Å². The summed E-state index contributed by atoms with van der Waals surface area (Å²) in [5.74, 6) is 3.13. The number of hydrazine groups is 1. The molecule has 3 aromatic rings. The van der Waals surface area contributed by atoms with Crippen LogP contribution in [0.3, 0.4) is 0 Å². The van der Waals surface area contributed by atoms with E-state index >= 15 is 0 Å². The molecular weight excluding hydrogens is 528 g/mol. The van der Waals surface area contributed by atoms with Crippen molar-refractivity contribution in [3.05, 3.63) is 68.0 Å². The van der Waals surface area contributed by atoms with Gasteiger partial charge in [0.15, 0.2) is 11.5 Å². The summed E-state index contributed by atoms with van der Waals surface area (Å²) in [5.41, 5.74) is -0.187. The van der Waals surface area contributed by atoms with E-state index in [0.717, 1.165) is 0 Å². The number of nitrogen functional groups attached to an aromatic ring is 1. The molecule has 1 aromatic carbocycles. The monoisotopic (exact) mass is 536 g/mol. The Morgan fingerprint density at radius 1 is 1.16 bits per heavy atom. The third kappa shape index (κ3) is 4.82. The minimum absolute atomic E-state index is 0.0377. The smallest absolute Gasteiger partial charge is 0.319 e. The highest BCUT2D eigenvalue weighted by Crippen LogP contribution is 2.33. The lowest BCUT2D eigenvalue weighted by Crippen LogP contribution is -2.31. The molecule has 0 unspecified atom stereocenters. The Bertz CT molecular complexity index is 1190. The molecule has 2 amide bonds. The number of hydrogen-bond donors (Lipinski definition) is 3. The first-order valence-corrected chi connectivity index (χ1v) is 9.67. The van der Waals surface area contributed by atoms with Gasteiger partial charge in [-0.15, -0.1) is 0 Å². The predicted molar refractivity (Wildman–Crippen MR) is 110 cm³/mol. The maximum absolute atomic E-state index is 13.3. The number of alkyl halides is 3. The van der Waals surface area contributed by atoms with Gasteiger partial charge in [-0.3, -0.25) is 15.0 Å². The van der Waals surface area contributed by atoms with Crippen molar-refractivity contribution in [2.45, 2.75) is 6.18 Å². The summed E-state index contributed by atoms with van der Waals surface area (Å²) in [6.45, 7) is 0. The van der Waals surface area contributed by atoms with Gasteiger partial charge in [-0.2, -0.15) is 18.3 Å². The topological polar surface area (TPSA) is 115 Å². The molecule has 3 rings (SSSR count). The van der Waals surface area contributed by atoms with Gasteiger partial charge in [0, 0.05) is 21.8 Å². The van der Waals surface area contributed by atoms with E-state index in [4.69, 9.17) is 29.0 Å². The van der Waals surface area contributed by atoms with Gasteiger partial charge in [0.2, 0.25) is 0 Å². The molecule has 31 heavy (non-hydrogen) atoms. The fraction of sp³-hybridized carbons (Fsp3) is 0.0588. The van der Waals surface area contributed by atoms with Crippen molar-refractivity contribution in [1.29, 1.82) is 0 Å². The highest BCUT2D eigenvalue weighted by molar-refractivity contribution is 9.10. The predicted octanol–water partition coefficient (Wildman–Crippen LogP) is 4.21. The third-order valence-corrected chi connectivity index (χ3v) is 4.98. The Morgan fingerprint density at radius 2 is 1.87 bits per heavy atom. The zero-order valence-electron chi connectivity index (χ0n) is 15.0. The molecule has 0 aliphatic heterocycles. The van der Waals surface area contributed by atoms with E-state index < -0.39 is 29.4 Å². The molecule has 0 bridgehead atoms. The van der Waals surface area contributed by atoms with Crippen LogP contribution in [0.2, 0.25) is 10.0 Å². The molecule has 0 spiro atoms. The molecule has 8 nitrogen and oxygen atoms in total. The van der Waals surface area contributed by atoms with Crippen molar-refractivity contribution in [2.24, 2.45) is 5.84 Å². The normalized spacial score (nSPS) is 11.3. The highest BCUT2D eigenvalue weighted by atomic mass is 79.9. The standard InChI is InChI=1S/C17H10BrCl2F3N6O2/c18-9-5-7(19)4-8(15(30)27-24)13(9)26-16(31)11-6-12(17(21,22)23)28-29(11)14-10(20)2-1-3-25-14/h1-6H,24H2,(H,26,31)(H,27,30). The molecule has 0 aliphatic carbocycles. The zero-order chi connectivity index (χ0) is 22.9. The summed E-state index contributed by atoms with van der Waals surface area (Å²) < 4.78 is 40.6. The number of pyridine rings is 1. The lowest BCUT2D eigenvalue weighted by Gasteiger charge is -2.13. The van der Waals surface area contributed by atoms with E-state index in [-0.39, 0.29) is 31.6 Å². The lowest BCUT2D eigenvalue weighted by atomic mass is 10.1. The number of nitrogens with one attached hydrogen (secondary N) is 2. The second kappa shape index (κ2) is 8.83. The van der Waals surface area contributed by atoms with Crippen LogP contribution in [-0.2, 0) is 6.18 Å². The van der Waals surface area contributed by atoms with E-state index in [1.54, 1.807) is 0 Å². The lowest BCUT2D eigenvalue weighted by molar-refractivity contribution is -0.141. The van der Waals surface area contributed by atoms with Gasteiger partial charge < -0.3 is 5.32 Å². The van der Waals surface area contributed by atoms with Gasteiger partial charge in [-0.1, -0.05) is 23.2 Å². The molecule has 14 heteroatoms. The van der Waals surface area contributed by atoms with Crippen molar-refractivity contribution in [3.63, 3.8) is 0 Å². The first kappa shape index (κ1) is 23.0. The largest absolute Gasteiger partial charge is 0.435 e. The average molecular weight is 538 g/mol. The SMILES string of the molecule is NNC(=O)c1cc(Cl)cc(Br)c1NC(=O)c1cc(C(F)(F)F)nn1-c1ncccc1Cl. The number of carbonyl (C=O) groups excluding carboxylic acids is 2. The Hall–Kier alpha value is -2.67. The quantitative estimate of drug-likeness (QED) is 0.262.